The average Bonchev–Trinajstić information content (AvgIpc) is 3.20. The Hall–Kier alpha value is -3.72. The number of nitro benzene ring substituents is 1. The third kappa shape index (κ3) is 4.26. The maximum Gasteiger partial charge on any atom is 0.292 e. The number of rotatable bonds is 7. The number of amides is 1. The van der Waals surface area contributed by atoms with Crippen LogP contribution in [0.25, 0.3) is 16.5 Å². The molecule has 0 radical (unpaired) electrons. The Morgan fingerprint density at radius 1 is 1.06 bits per heavy atom. The number of hydrogen-bond donors (Lipinski definition) is 1. The van der Waals surface area contributed by atoms with E-state index in [2.05, 4.69) is 15.5 Å². The van der Waals surface area contributed by atoms with Gasteiger partial charge in [-0.1, -0.05) is 67.2 Å². The number of nitro groups is 1. The van der Waals surface area contributed by atoms with Crippen LogP contribution in [-0.2, 0) is 11.2 Å². The third-order valence-electron chi connectivity index (χ3n) is 4.73. The van der Waals surface area contributed by atoms with Gasteiger partial charge in [0.05, 0.1) is 16.4 Å². The fourth-order valence-corrected chi connectivity index (χ4v) is 4.09. The Kier molecular flexibility index (Phi) is 5.94. The molecule has 0 aliphatic heterocycles. The Bertz CT molecular complexity index is 1270. The summed E-state index contributed by atoms with van der Waals surface area (Å²) in [6.07, 6.45) is 0.680. The topological polar surface area (TPSA) is 103 Å². The summed E-state index contributed by atoms with van der Waals surface area (Å²) in [6.45, 7) is 2.00. The lowest BCUT2D eigenvalue weighted by Crippen LogP contribution is -2.15. The first kappa shape index (κ1) is 20.5. The predicted molar refractivity (Wildman–Crippen MR) is 121 cm³/mol. The molecule has 0 atom stereocenters. The van der Waals surface area contributed by atoms with E-state index in [0.29, 0.717) is 11.6 Å². The number of para-hydroxylation sites is 2. The predicted octanol–water partition coefficient (Wildman–Crippen LogP) is 4.62. The van der Waals surface area contributed by atoms with Crippen LogP contribution in [0.15, 0.2) is 71.9 Å². The SMILES string of the molecule is CCc1nnc(SCC(=O)Nc2ccccc2[N+](=O)[O-])n1-c1cccc2ccccc12. The van der Waals surface area contributed by atoms with E-state index in [-0.39, 0.29) is 23.0 Å². The highest BCUT2D eigenvalue weighted by Crippen LogP contribution is 2.29. The first-order chi connectivity index (χ1) is 15.1. The average molecular weight is 433 g/mol. The van der Waals surface area contributed by atoms with E-state index in [9.17, 15) is 14.9 Å². The van der Waals surface area contributed by atoms with Gasteiger partial charge in [-0.05, 0) is 17.5 Å². The number of nitrogens with zero attached hydrogens (tertiary/aromatic N) is 4. The van der Waals surface area contributed by atoms with Crippen molar-refractivity contribution in [2.75, 3.05) is 11.1 Å². The number of aromatic nitrogens is 3. The van der Waals surface area contributed by atoms with Gasteiger partial charge in [0.1, 0.15) is 11.5 Å². The molecule has 31 heavy (non-hydrogen) atoms. The number of thioether (sulfide) groups is 1. The molecule has 0 saturated heterocycles. The van der Waals surface area contributed by atoms with E-state index in [4.69, 9.17) is 0 Å². The third-order valence-corrected chi connectivity index (χ3v) is 5.66. The number of carbonyl (C=O) groups is 1. The zero-order valence-corrected chi connectivity index (χ0v) is 17.5. The molecule has 1 N–H and O–H groups in total. The van der Waals surface area contributed by atoms with Crippen LogP contribution in [-0.4, -0.2) is 31.3 Å². The number of fused-ring (bicyclic) bond motifs is 1. The molecular formula is C22H19N5O3S. The number of hydrogen-bond acceptors (Lipinski definition) is 6. The van der Waals surface area contributed by atoms with Gasteiger partial charge in [-0.15, -0.1) is 10.2 Å². The van der Waals surface area contributed by atoms with E-state index in [0.717, 1.165) is 22.3 Å². The van der Waals surface area contributed by atoms with Gasteiger partial charge in [0.25, 0.3) is 5.69 Å². The molecule has 0 unspecified atom stereocenters. The van der Waals surface area contributed by atoms with Gasteiger partial charge in [-0.2, -0.15) is 0 Å². The lowest BCUT2D eigenvalue weighted by Gasteiger charge is -2.12. The minimum absolute atomic E-state index is 0.0403. The van der Waals surface area contributed by atoms with Crippen molar-refractivity contribution < 1.29 is 9.72 Å². The molecule has 1 heterocycles. The van der Waals surface area contributed by atoms with Crippen molar-refractivity contribution in [2.24, 2.45) is 0 Å². The molecule has 9 heteroatoms. The molecule has 0 spiro atoms. The smallest absolute Gasteiger partial charge is 0.292 e. The second-order valence-corrected chi connectivity index (χ2v) is 7.64. The minimum atomic E-state index is -0.520. The highest BCUT2D eigenvalue weighted by molar-refractivity contribution is 7.99. The zero-order chi connectivity index (χ0) is 21.8. The first-order valence-electron chi connectivity index (χ1n) is 9.67. The van der Waals surface area contributed by atoms with Crippen LogP contribution < -0.4 is 5.32 Å². The van der Waals surface area contributed by atoms with Crippen LogP contribution in [0.2, 0.25) is 0 Å². The molecule has 4 aromatic rings. The fourth-order valence-electron chi connectivity index (χ4n) is 3.32. The van der Waals surface area contributed by atoms with Crippen molar-refractivity contribution in [1.82, 2.24) is 14.8 Å². The fraction of sp³-hybridized carbons (Fsp3) is 0.136. The molecule has 4 rings (SSSR count). The molecule has 8 nitrogen and oxygen atoms in total. The van der Waals surface area contributed by atoms with Gasteiger partial charge in [-0.25, -0.2) is 0 Å². The summed E-state index contributed by atoms with van der Waals surface area (Å²) >= 11 is 1.24. The van der Waals surface area contributed by atoms with Crippen LogP contribution in [0.5, 0.6) is 0 Å². The van der Waals surface area contributed by atoms with E-state index >= 15 is 0 Å². The van der Waals surface area contributed by atoms with Gasteiger partial charge >= 0.3 is 0 Å². The first-order valence-corrected chi connectivity index (χ1v) is 10.7. The van der Waals surface area contributed by atoms with Crippen molar-refractivity contribution in [3.05, 3.63) is 82.7 Å². The summed E-state index contributed by atoms with van der Waals surface area (Å²) in [4.78, 5) is 23.1. The molecule has 0 fully saturated rings. The molecule has 0 aliphatic carbocycles. The molecule has 1 aromatic heterocycles. The van der Waals surface area contributed by atoms with E-state index in [1.807, 2.05) is 54.0 Å². The maximum atomic E-state index is 12.5. The Morgan fingerprint density at radius 3 is 2.61 bits per heavy atom. The van der Waals surface area contributed by atoms with Crippen LogP contribution in [0.4, 0.5) is 11.4 Å². The summed E-state index contributed by atoms with van der Waals surface area (Å²) < 4.78 is 1.96. The number of anilines is 1. The second kappa shape index (κ2) is 8.97. The highest BCUT2D eigenvalue weighted by Gasteiger charge is 2.18. The van der Waals surface area contributed by atoms with E-state index in [1.54, 1.807) is 12.1 Å². The normalized spacial score (nSPS) is 10.9. The summed E-state index contributed by atoms with van der Waals surface area (Å²) in [5.74, 6) is 0.473. The van der Waals surface area contributed by atoms with Gasteiger partial charge in [0.2, 0.25) is 5.91 Å². The monoisotopic (exact) mass is 433 g/mol. The maximum absolute atomic E-state index is 12.5. The molecule has 3 aromatic carbocycles. The molecular weight excluding hydrogens is 414 g/mol. The molecule has 1 amide bonds. The summed E-state index contributed by atoms with van der Waals surface area (Å²) in [5, 5.41) is 25.1. The Balaban J connectivity index is 1.59. The van der Waals surface area contributed by atoms with E-state index in [1.165, 1.54) is 23.9 Å². The summed E-state index contributed by atoms with van der Waals surface area (Å²) in [7, 11) is 0. The summed E-state index contributed by atoms with van der Waals surface area (Å²) in [5.41, 5.74) is 0.970. The number of nitrogens with one attached hydrogen (secondary N) is 1. The van der Waals surface area contributed by atoms with Crippen LogP contribution in [0.3, 0.4) is 0 Å². The van der Waals surface area contributed by atoms with Crippen molar-refractivity contribution in [2.45, 2.75) is 18.5 Å². The summed E-state index contributed by atoms with van der Waals surface area (Å²) in [6, 6.07) is 20.1. The van der Waals surface area contributed by atoms with Gasteiger partial charge < -0.3 is 5.32 Å². The van der Waals surface area contributed by atoms with Crippen molar-refractivity contribution in [1.29, 1.82) is 0 Å². The lowest BCUT2D eigenvalue weighted by molar-refractivity contribution is -0.383. The largest absolute Gasteiger partial charge is 0.320 e. The molecule has 0 saturated carbocycles. The molecule has 0 bridgehead atoms. The van der Waals surface area contributed by atoms with Crippen molar-refractivity contribution in [3.8, 4) is 5.69 Å². The quantitative estimate of drug-likeness (QED) is 0.259. The Morgan fingerprint density at radius 2 is 1.81 bits per heavy atom. The number of carbonyl (C=O) groups excluding carboxylic acids is 1. The van der Waals surface area contributed by atoms with Crippen LogP contribution >= 0.6 is 11.8 Å². The van der Waals surface area contributed by atoms with Gasteiger partial charge in [0, 0.05) is 17.9 Å². The van der Waals surface area contributed by atoms with Gasteiger partial charge in [-0.3, -0.25) is 19.5 Å². The van der Waals surface area contributed by atoms with E-state index < -0.39 is 4.92 Å². The number of benzene rings is 3. The minimum Gasteiger partial charge on any atom is -0.320 e. The Labute approximate surface area is 182 Å². The molecule has 0 aliphatic rings. The van der Waals surface area contributed by atoms with Gasteiger partial charge in [0.15, 0.2) is 5.16 Å². The van der Waals surface area contributed by atoms with Crippen molar-refractivity contribution >= 4 is 39.8 Å². The highest BCUT2D eigenvalue weighted by atomic mass is 32.2. The van der Waals surface area contributed by atoms with Crippen LogP contribution in [0, 0.1) is 10.1 Å². The standard InChI is InChI=1S/C22H19N5O3S/c1-2-20-24-25-22(26(20)18-13-7-9-15-8-3-4-10-16(15)18)31-14-21(28)23-17-11-5-6-12-19(17)27(29)30/h3-13H,2,14H2,1H3,(H,23,28). The second-order valence-electron chi connectivity index (χ2n) is 6.70. The zero-order valence-electron chi connectivity index (χ0n) is 16.7. The van der Waals surface area contributed by atoms with Crippen molar-refractivity contribution in [3.63, 3.8) is 0 Å². The molecule has 156 valence electrons. The number of aryl methyl sites for hydroxylation is 1. The van der Waals surface area contributed by atoms with Crippen LogP contribution in [0.1, 0.15) is 12.7 Å². The lowest BCUT2D eigenvalue weighted by atomic mass is 10.1.